The van der Waals surface area contributed by atoms with Crippen molar-refractivity contribution < 1.29 is 23.0 Å². The van der Waals surface area contributed by atoms with E-state index in [4.69, 9.17) is 9.47 Å². The second kappa shape index (κ2) is 11.3. The number of likely N-dealkylation sites (N-methyl/N-ethyl adjacent to an activating group) is 1. The van der Waals surface area contributed by atoms with E-state index in [9.17, 15) is 13.5 Å². The van der Waals surface area contributed by atoms with Crippen LogP contribution in [0.4, 0.5) is 0 Å². The molecule has 1 fully saturated rings. The Bertz CT molecular complexity index is 1080. The smallest absolute Gasteiger partial charge is 0.247 e. The zero-order chi connectivity index (χ0) is 25.0. The van der Waals surface area contributed by atoms with Crippen molar-refractivity contribution in [2.45, 2.75) is 43.7 Å². The number of benzene rings is 1. The maximum atomic E-state index is 13.7. The van der Waals surface area contributed by atoms with Crippen molar-refractivity contribution in [2.24, 2.45) is 11.8 Å². The molecular weight excluding hydrogens is 466 g/mol. The highest BCUT2D eigenvalue weighted by molar-refractivity contribution is 7.89. The van der Waals surface area contributed by atoms with E-state index in [1.54, 1.807) is 37.5 Å². The Balaban J connectivity index is 1.67. The van der Waals surface area contributed by atoms with E-state index in [-0.39, 0.29) is 30.1 Å². The van der Waals surface area contributed by atoms with Gasteiger partial charge >= 0.3 is 0 Å². The molecule has 0 aliphatic carbocycles. The third kappa shape index (κ3) is 6.03. The number of ether oxygens (including phenoxy) is 2. The van der Waals surface area contributed by atoms with E-state index < -0.39 is 16.1 Å². The van der Waals surface area contributed by atoms with Crippen LogP contribution in [-0.4, -0.2) is 86.4 Å². The number of pyridine rings is 1. The first-order valence-corrected chi connectivity index (χ1v) is 13.8. The Labute approximate surface area is 208 Å². The van der Waals surface area contributed by atoms with Gasteiger partial charge in [-0.2, -0.15) is 4.31 Å². The predicted molar refractivity (Wildman–Crippen MR) is 135 cm³/mol. The van der Waals surface area contributed by atoms with Crippen molar-refractivity contribution in [3.8, 4) is 16.9 Å². The Morgan fingerprint density at radius 2 is 1.97 bits per heavy atom. The first-order valence-electron chi connectivity index (χ1n) is 12.4. The number of fused-ring (bicyclic) bond motifs is 1. The number of hydrogen-bond acceptors (Lipinski definition) is 7. The summed E-state index contributed by atoms with van der Waals surface area (Å²) in [5, 5.41) is 9.84. The van der Waals surface area contributed by atoms with Gasteiger partial charge in [0.05, 0.1) is 6.61 Å². The molecule has 2 aliphatic rings. The molecule has 1 saturated heterocycles. The minimum Gasteiger partial charge on any atom is -0.487 e. The van der Waals surface area contributed by atoms with Crippen molar-refractivity contribution in [1.82, 2.24) is 14.2 Å². The van der Waals surface area contributed by atoms with Gasteiger partial charge in [-0.25, -0.2) is 8.42 Å². The van der Waals surface area contributed by atoms with Gasteiger partial charge in [0.15, 0.2) is 0 Å². The summed E-state index contributed by atoms with van der Waals surface area (Å²) in [6.07, 6.45) is 5.36. The molecule has 2 aliphatic heterocycles. The lowest BCUT2D eigenvalue weighted by atomic mass is 9.98. The first kappa shape index (κ1) is 26.0. The minimum absolute atomic E-state index is 0.0777. The lowest BCUT2D eigenvalue weighted by Crippen LogP contribution is -2.50. The van der Waals surface area contributed by atoms with Gasteiger partial charge in [-0.3, -0.25) is 4.98 Å². The van der Waals surface area contributed by atoms with E-state index >= 15 is 0 Å². The van der Waals surface area contributed by atoms with E-state index in [1.165, 1.54) is 4.31 Å². The summed E-state index contributed by atoms with van der Waals surface area (Å²) in [4.78, 5) is 6.62. The number of aliphatic hydroxyl groups excluding tert-OH is 1. The molecule has 8 nitrogen and oxygen atoms in total. The highest BCUT2D eigenvalue weighted by atomic mass is 32.2. The molecule has 4 rings (SSSR count). The van der Waals surface area contributed by atoms with Gasteiger partial charge in [0.2, 0.25) is 10.0 Å². The summed E-state index contributed by atoms with van der Waals surface area (Å²) < 4.78 is 40.8. The van der Waals surface area contributed by atoms with Gasteiger partial charge in [-0.1, -0.05) is 19.1 Å². The summed E-state index contributed by atoms with van der Waals surface area (Å²) >= 11 is 0. The molecule has 0 amide bonds. The molecule has 3 atom stereocenters. The van der Waals surface area contributed by atoms with Gasteiger partial charge in [0.1, 0.15) is 16.7 Å². The maximum absolute atomic E-state index is 13.7. The Morgan fingerprint density at radius 1 is 1.20 bits per heavy atom. The van der Waals surface area contributed by atoms with Crippen molar-refractivity contribution in [1.29, 1.82) is 0 Å². The third-order valence-corrected chi connectivity index (χ3v) is 9.08. The van der Waals surface area contributed by atoms with Crippen LogP contribution < -0.4 is 4.74 Å². The second-order valence-corrected chi connectivity index (χ2v) is 11.8. The van der Waals surface area contributed by atoms with Gasteiger partial charge in [-0.05, 0) is 56.5 Å². The fraction of sp³-hybridized carbons (Fsp3) is 0.577. The van der Waals surface area contributed by atoms with E-state index in [0.29, 0.717) is 18.2 Å². The molecule has 0 unspecified atom stereocenters. The molecule has 9 heteroatoms. The van der Waals surface area contributed by atoms with Crippen LogP contribution in [0.1, 0.15) is 26.7 Å². The number of sulfonamides is 1. The average molecular weight is 504 g/mol. The Morgan fingerprint density at radius 3 is 2.66 bits per heavy atom. The number of aliphatic hydroxyl groups is 1. The number of aromatic nitrogens is 1. The summed E-state index contributed by atoms with van der Waals surface area (Å²) in [6, 6.07) is 8.46. The van der Waals surface area contributed by atoms with Crippen LogP contribution in [0, 0.1) is 11.8 Å². The zero-order valence-corrected chi connectivity index (χ0v) is 21.7. The topological polar surface area (TPSA) is 92.2 Å². The van der Waals surface area contributed by atoms with Crippen LogP contribution in [-0.2, 0) is 14.8 Å². The SMILES string of the molecule is C[C@H](CO)N1C[C@H](C)[C@H](CN(C)CC2CCOCC2)Oc2cc(-c3cccnc3)ccc2S1(=O)=O. The normalized spacial score (nSPS) is 24.3. The molecule has 0 radical (unpaired) electrons. The summed E-state index contributed by atoms with van der Waals surface area (Å²) in [5.41, 5.74) is 1.73. The molecule has 3 heterocycles. The third-order valence-electron chi connectivity index (χ3n) is 7.06. The molecule has 0 spiro atoms. The van der Waals surface area contributed by atoms with Crippen LogP contribution >= 0.6 is 0 Å². The van der Waals surface area contributed by atoms with Gasteiger partial charge < -0.3 is 19.5 Å². The summed E-state index contributed by atoms with van der Waals surface area (Å²) in [5.74, 6) is 0.858. The lowest BCUT2D eigenvalue weighted by molar-refractivity contribution is 0.0402. The zero-order valence-electron chi connectivity index (χ0n) is 20.8. The fourth-order valence-corrected chi connectivity index (χ4v) is 6.73. The molecule has 0 bridgehead atoms. The summed E-state index contributed by atoms with van der Waals surface area (Å²) in [6.45, 7) is 7.05. The molecule has 2 aromatic rings. The Kier molecular flexibility index (Phi) is 8.44. The minimum atomic E-state index is -3.86. The second-order valence-electron chi connectivity index (χ2n) is 9.92. The van der Waals surface area contributed by atoms with Crippen LogP contribution in [0.25, 0.3) is 11.1 Å². The van der Waals surface area contributed by atoms with E-state index in [0.717, 1.165) is 43.7 Å². The van der Waals surface area contributed by atoms with Crippen LogP contribution in [0.15, 0.2) is 47.6 Å². The first-order chi connectivity index (χ1) is 16.8. The molecule has 35 heavy (non-hydrogen) atoms. The molecule has 1 aromatic heterocycles. The average Bonchev–Trinajstić information content (AvgIpc) is 2.86. The molecule has 1 N–H and O–H groups in total. The fourth-order valence-electron chi connectivity index (χ4n) is 4.91. The van der Waals surface area contributed by atoms with Crippen LogP contribution in [0.5, 0.6) is 5.75 Å². The molecular formula is C26H37N3O5S. The van der Waals surface area contributed by atoms with Crippen molar-refractivity contribution in [2.75, 3.05) is 46.5 Å². The largest absolute Gasteiger partial charge is 0.487 e. The van der Waals surface area contributed by atoms with Gasteiger partial charge in [0.25, 0.3) is 0 Å². The molecule has 192 valence electrons. The highest BCUT2D eigenvalue weighted by Gasteiger charge is 2.38. The number of rotatable bonds is 7. The van der Waals surface area contributed by atoms with Gasteiger partial charge in [-0.15, -0.1) is 0 Å². The predicted octanol–water partition coefficient (Wildman–Crippen LogP) is 2.88. The van der Waals surface area contributed by atoms with E-state index in [2.05, 4.69) is 16.9 Å². The van der Waals surface area contributed by atoms with Crippen molar-refractivity contribution >= 4 is 10.0 Å². The standard InChI is InChI=1S/C26H37N3O5S/c1-19-15-29(20(2)18-30)35(31,32)26-7-6-22(23-5-4-10-27-14-23)13-24(26)34-25(19)17-28(3)16-21-8-11-33-12-9-21/h4-7,10,13-14,19-21,25,30H,8-9,11-12,15-18H2,1-3H3/t19-,20+,25-/m0/s1. The lowest BCUT2D eigenvalue weighted by Gasteiger charge is -2.38. The number of nitrogens with zero attached hydrogens (tertiary/aromatic N) is 3. The van der Waals surface area contributed by atoms with Crippen molar-refractivity contribution in [3.63, 3.8) is 0 Å². The van der Waals surface area contributed by atoms with Gasteiger partial charge in [0, 0.05) is 62.8 Å². The van der Waals surface area contributed by atoms with Crippen molar-refractivity contribution in [3.05, 3.63) is 42.7 Å². The van der Waals surface area contributed by atoms with Crippen LogP contribution in [0.3, 0.4) is 0 Å². The summed E-state index contributed by atoms with van der Waals surface area (Å²) in [7, 11) is -1.76. The number of hydrogen-bond donors (Lipinski definition) is 1. The monoisotopic (exact) mass is 503 g/mol. The van der Waals surface area contributed by atoms with Crippen LogP contribution in [0.2, 0.25) is 0 Å². The maximum Gasteiger partial charge on any atom is 0.247 e. The van der Waals surface area contributed by atoms with E-state index in [1.807, 2.05) is 19.1 Å². The molecule has 0 saturated carbocycles. The highest BCUT2D eigenvalue weighted by Crippen LogP contribution is 2.36. The quantitative estimate of drug-likeness (QED) is 0.621. The Hall–Kier alpha value is -2.04. The molecule has 1 aromatic carbocycles.